The summed E-state index contributed by atoms with van der Waals surface area (Å²) in [4.78, 5) is 51.7. The van der Waals surface area contributed by atoms with Crippen LogP contribution in [0.1, 0.15) is 72.1 Å². The van der Waals surface area contributed by atoms with Gasteiger partial charge in [-0.05, 0) is 49.3 Å². The quantitative estimate of drug-likeness (QED) is 0.170. The van der Waals surface area contributed by atoms with Gasteiger partial charge in [0.15, 0.2) is 0 Å². The Morgan fingerprint density at radius 3 is 2.32 bits per heavy atom. The molecule has 11 heteroatoms. The molecule has 0 aromatic heterocycles. The predicted molar refractivity (Wildman–Crippen MR) is 141 cm³/mol. The van der Waals surface area contributed by atoms with Crippen molar-refractivity contribution in [1.29, 1.82) is 0 Å². The summed E-state index contributed by atoms with van der Waals surface area (Å²) in [6, 6.07) is 12.3. The first kappa shape index (κ1) is 28.0. The summed E-state index contributed by atoms with van der Waals surface area (Å²) < 4.78 is 29.3. The van der Waals surface area contributed by atoms with E-state index < -0.39 is 39.8 Å². The number of benzene rings is 2. The van der Waals surface area contributed by atoms with E-state index in [9.17, 15) is 27.6 Å². The molecule has 1 saturated heterocycles. The third-order valence-corrected chi connectivity index (χ3v) is 8.97. The zero-order valence-corrected chi connectivity index (χ0v) is 22.5. The Morgan fingerprint density at radius 1 is 0.868 bits per heavy atom. The molecule has 202 valence electrons. The van der Waals surface area contributed by atoms with Crippen LogP contribution >= 0.6 is 11.8 Å². The molecule has 38 heavy (non-hydrogen) atoms. The smallest absolute Gasteiger partial charge is 0.295 e. The van der Waals surface area contributed by atoms with Gasteiger partial charge in [0, 0.05) is 11.3 Å². The summed E-state index contributed by atoms with van der Waals surface area (Å²) in [5, 5.41) is 2.21. The number of rotatable bonds is 13. The Hall–Kier alpha value is -3.02. The van der Waals surface area contributed by atoms with Crippen molar-refractivity contribution < 1.29 is 31.8 Å². The molecule has 1 unspecified atom stereocenters. The van der Waals surface area contributed by atoms with Crippen molar-refractivity contribution in [3.8, 4) is 0 Å². The highest BCUT2D eigenvalue weighted by Gasteiger charge is 2.45. The number of carbonyl (C=O) groups is 4. The second-order valence-electron chi connectivity index (χ2n) is 9.18. The van der Waals surface area contributed by atoms with Crippen molar-refractivity contribution >= 4 is 45.5 Å². The maximum atomic E-state index is 13.1. The van der Waals surface area contributed by atoms with Crippen molar-refractivity contribution in [3.05, 3.63) is 59.7 Å². The molecule has 0 saturated carbocycles. The lowest BCUT2D eigenvalue weighted by molar-refractivity contribution is -0.136. The van der Waals surface area contributed by atoms with Gasteiger partial charge < -0.3 is 0 Å². The molecule has 2 aliphatic rings. The summed E-state index contributed by atoms with van der Waals surface area (Å²) in [7, 11) is -3.70. The Balaban J connectivity index is 1.17. The molecule has 2 aliphatic heterocycles. The van der Waals surface area contributed by atoms with Crippen LogP contribution in [0, 0.1) is 0 Å². The topological polar surface area (TPSA) is 127 Å². The number of amides is 4. The minimum absolute atomic E-state index is 0.0885. The van der Waals surface area contributed by atoms with Crippen LogP contribution in [0.2, 0.25) is 0 Å². The second-order valence-corrected chi connectivity index (χ2v) is 11.9. The number of thioether (sulfide) groups is 1. The molecular formula is C27H30N2O7S2. The van der Waals surface area contributed by atoms with E-state index >= 15 is 0 Å². The molecule has 2 heterocycles. The second kappa shape index (κ2) is 12.7. The zero-order chi connectivity index (χ0) is 27.1. The molecule has 4 rings (SSSR count). The van der Waals surface area contributed by atoms with Crippen LogP contribution < -0.4 is 5.32 Å². The monoisotopic (exact) mass is 558 g/mol. The van der Waals surface area contributed by atoms with E-state index in [1.54, 1.807) is 30.3 Å². The van der Waals surface area contributed by atoms with Crippen LogP contribution in [0.4, 0.5) is 0 Å². The first-order valence-electron chi connectivity index (χ1n) is 12.7. The fraction of sp³-hybridized carbons (Fsp3) is 0.407. The highest BCUT2D eigenvalue weighted by molar-refractivity contribution is 7.99. The molecule has 0 aliphatic carbocycles. The van der Waals surface area contributed by atoms with Crippen molar-refractivity contribution in [2.75, 3.05) is 12.4 Å². The molecule has 1 atom stereocenters. The number of carbonyl (C=O) groups excluding carboxylic acids is 4. The van der Waals surface area contributed by atoms with Gasteiger partial charge in [-0.3, -0.25) is 33.6 Å². The number of hydrogen-bond donors (Lipinski definition) is 1. The van der Waals surface area contributed by atoms with Gasteiger partial charge in [-0.15, -0.1) is 11.8 Å². The SMILES string of the molecule is O=C1CCC(N2C(=O)c3cccc(SCCCCCCCCOS(=O)(=O)c4ccccc4)c3C2=O)C(=O)N1. The molecule has 0 bridgehead atoms. The zero-order valence-electron chi connectivity index (χ0n) is 20.9. The molecule has 0 spiro atoms. The third kappa shape index (κ3) is 6.51. The molecule has 4 amide bonds. The largest absolute Gasteiger partial charge is 0.296 e. The summed E-state index contributed by atoms with van der Waals surface area (Å²) in [5.41, 5.74) is 0.624. The van der Waals surface area contributed by atoms with E-state index in [1.165, 1.54) is 23.9 Å². The minimum atomic E-state index is -3.70. The summed E-state index contributed by atoms with van der Waals surface area (Å²) >= 11 is 1.51. The Labute approximate surface area is 226 Å². The highest BCUT2D eigenvalue weighted by Crippen LogP contribution is 2.34. The van der Waals surface area contributed by atoms with Crippen LogP contribution in [0.25, 0.3) is 0 Å². The maximum absolute atomic E-state index is 13.1. The molecule has 0 radical (unpaired) electrons. The fourth-order valence-electron chi connectivity index (χ4n) is 4.52. The number of hydrogen-bond acceptors (Lipinski definition) is 8. The lowest BCUT2D eigenvalue weighted by Gasteiger charge is -2.27. The van der Waals surface area contributed by atoms with Crippen LogP contribution in [0.5, 0.6) is 0 Å². The fourth-order valence-corrected chi connectivity index (χ4v) is 6.57. The standard InChI is InChI=1S/C27H30N2O7S2/c30-23-16-15-21(25(31)28-23)29-26(32)20-13-10-14-22(24(20)27(29)33)37-18-9-4-2-1-3-8-17-36-38(34,35)19-11-6-5-7-12-19/h5-7,10-14,21H,1-4,8-9,15-18H2,(H,28,30,31). The molecule has 1 N–H and O–H groups in total. The van der Waals surface area contributed by atoms with E-state index in [0.29, 0.717) is 22.4 Å². The van der Waals surface area contributed by atoms with E-state index in [4.69, 9.17) is 4.18 Å². The van der Waals surface area contributed by atoms with E-state index in [-0.39, 0.29) is 24.3 Å². The molecule has 9 nitrogen and oxygen atoms in total. The van der Waals surface area contributed by atoms with Crippen LogP contribution in [-0.4, -0.2) is 55.3 Å². The molecular weight excluding hydrogens is 528 g/mol. The first-order chi connectivity index (χ1) is 18.3. The van der Waals surface area contributed by atoms with Gasteiger partial charge in [0.05, 0.1) is 22.6 Å². The Bertz CT molecular complexity index is 1310. The van der Waals surface area contributed by atoms with Crippen molar-refractivity contribution in [1.82, 2.24) is 10.2 Å². The number of nitrogens with one attached hydrogen (secondary N) is 1. The van der Waals surface area contributed by atoms with Gasteiger partial charge in [-0.1, -0.05) is 49.9 Å². The maximum Gasteiger partial charge on any atom is 0.296 e. The highest BCUT2D eigenvalue weighted by atomic mass is 32.2. The van der Waals surface area contributed by atoms with Gasteiger partial charge in [0.1, 0.15) is 6.04 Å². The van der Waals surface area contributed by atoms with Crippen LogP contribution in [0.3, 0.4) is 0 Å². The number of imide groups is 2. The van der Waals surface area contributed by atoms with E-state index in [1.807, 2.05) is 6.07 Å². The lowest BCUT2D eigenvalue weighted by Crippen LogP contribution is -2.54. The van der Waals surface area contributed by atoms with E-state index in [0.717, 1.165) is 42.8 Å². The average molecular weight is 559 g/mol. The van der Waals surface area contributed by atoms with Gasteiger partial charge in [0.2, 0.25) is 11.8 Å². The number of unbranched alkanes of at least 4 members (excludes halogenated alkanes) is 5. The number of piperidine rings is 1. The average Bonchev–Trinajstić information content (AvgIpc) is 3.16. The van der Waals surface area contributed by atoms with Crippen molar-refractivity contribution in [2.45, 2.75) is 67.2 Å². The van der Waals surface area contributed by atoms with E-state index in [2.05, 4.69) is 5.32 Å². The minimum Gasteiger partial charge on any atom is -0.295 e. The van der Waals surface area contributed by atoms with Gasteiger partial charge >= 0.3 is 0 Å². The predicted octanol–water partition coefficient (Wildman–Crippen LogP) is 3.93. The van der Waals surface area contributed by atoms with Gasteiger partial charge in [-0.2, -0.15) is 8.42 Å². The van der Waals surface area contributed by atoms with Crippen molar-refractivity contribution in [2.24, 2.45) is 0 Å². The van der Waals surface area contributed by atoms with Gasteiger partial charge in [0.25, 0.3) is 21.9 Å². The third-order valence-electron chi connectivity index (χ3n) is 6.50. The summed E-state index contributed by atoms with van der Waals surface area (Å²) in [6.07, 6.45) is 5.63. The normalized spacial score (nSPS) is 17.6. The molecule has 2 aromatic rings. The Kier molecular flexibility index (Phi) is 9.35. The Morgan fingerprint density at radius 2 is 1.58 bits per heavy atom. The lowest BCUT2D eigenvalue weighted by atomic mass is 10.0. The van der Waals surface area contributed by atoms with Gasteiger partial charge in [-0.25, -0.2) is 0 Å². The molecule has 2 aromatic carbocycles. The van der Waals surface area contributed by atoms with Crippen molar-refractivity contribution in [3.63, 3.8) is 0 Å². The summed E-state index contributed by atoms with van der Waals surface area (Å²) in [6.45, 7) is 0.161. The number of fused-ring (bicyclic) bond motifs is 1. The first-order valence-corrected chi connectivity index (χ1v) is 15.1. The van der Waals surface area contributed by atoms with Crippen LogP contribution in [0.15, 0.2) is 58.3 Å². The molecule has 1 fully saturated rings. The van der Waals surface area contributed by atoms with Crippen LogP contribution in [-0.2, 0) is 23.9 Å². The summed E-state index contributed by atoms with van der Waals surface area (Å²) in [5.74, 6) is -1.23. The number of nitrogens with zero attached hydrogens (tertiary/aromatic N) is 1.